The lowest BCUT2D eigenvalue weighted by molar-refractivity contribution is -0.117. The van der Waals surface area contributed by atoms with E-state index in [4.69, 9.17) is 9.97 Å². The van der Waals surface area contributed by atoms with Gasteiger partial charge in [0.2, 0.25) is 11.9 Å². The van der Waals surface area contributed by atoms with Crippen LogP contribution in [-0.4, -0.2) is 42.6 Å². The summed E-state index contributed by atoms with van der Waals surface area (Å²) in [5.74, 6) is 2.39. The number of benzene rings is 1. The first-order valence-corrected chi connectivity index (χ1v) is 12.3. The van der Waals surface area contributed by atoms with Crippen molar-refractivity contribution in [2.75, 3.05) is 30.9 Å². The number of rotatable bonds is 7. The molecule has 6 nitrogen and oxygen atoms in total. The fourth-order valence-corrected chi connectivity index (χ4v) is 4.94. The number of nitrogens with one attached hydrogen (secondary N) is 2. The molecule has 1 aromatic heterocycles. The van der Waals surface area contributed by atoms with Gasteiger partial charge in [-0.1, -0.05) is 30.3 Å². The summed E-state index contributed by atoms with van der Waals surface area (Å²) in [5, 5.41) is 6.75. The second-order valence-corrected chi connectivity index (χ2v) is 9.71. The SMILES string of the molecule is CC(=Cc1ccccc1)C(=O)NCC1CCC(Nc2nc3c(c(N(C)C)n2)CCCC3)CC1. The molecule has 1 fully saturated rings. The number of amides is 1. The van der Waals surface area contributed by atoms with E-state index in [-0.39, 0.29) is 5.91 Å². The van der Waals surface area contributed by atoms with Gasteiger partial charge in [-0.05, 0) is 75.8 Å². The molecule has 2 N–H and O–H groups in total. The van der Waals surface area contributed by atoms with E-state index in [2.05, 4.69) is 29.6 Å². The monoisotopic (exact) mass is 447 g/mol. The van der Waals surface area contributed by atoms with Gasteiger partial charge in [0.15, 0.2) is 0 Å². The summed E-state index contributed by atoms with van der Waals surface area (Å²) in [6, 6.07) is 10.4. The van der Waals surface area contributed by atoms with Gasteiger partial charge in [0.25, 0.3) is 0 Å². The van der Waals surface area contributed by atoms with Crippen LogP contribution < -0.4 is 15.5 Å². The first-order valence-electron chi connectivity index (χ1n) is 12.3. The Kier molecular flexibility index (Phi) is 7.63. The third-order valence-corrected chi connectivity index (χ3v) is 6.86. The van der Waals surface area contributed by atoms with E-state index < -0.39 is 0 Å². The highest BCUT2D eigenvalue weighted by Crippen LogP contribution is 2.30. The molecule has 33 heavy (non-hydrogen) atoms. The number of anilines is 2. The molecule has 176 valence electrons. The molecule has 0 bridgehead atoms. The maximum atomic E-state index is 12.5. The van der Waals surface area contributed by atoms with Gasteiger partial charge >= 0.3 is 0 Å². The number of carbonyl (C=O) groups is 1. The van der Waals surface area contributed by atoms with E-state index in [1.807, 2.05) is 43.3 Å². The third-order valence-electron chi connectivity index (χ3n) is 6.86. The normalized spacial score (nSPS) is 20.6. The van der Waals surface area contributed by atoms with Gasteiger partial charge in [-0.2, -0.15) is 4.98 Å². The molecule has 0 atom stereocenters. The Balaban J connectivity index is 1.27. The van der Waals surface area contributed by atoms with Gasteiger partial charge < -0.3 is 15.5 Å². The first-order chi connectivity index (χ1) is 16.0. The zero-order chi connectivity index (χ0) is 23.2. The number of aryl methyl sites for hydroxylation is 1. The Bertz CT molecular complexity index is 978. The lowest BCUT2D eigenvalue weighted by atomic mass is 9.86. The minimum atomic E-state index is 0.0257. The molecule has 2 aliphatic carbocycles. The van der Waals surface area contributed by atoms with Gasteiger partial charge in [-0.25, -0.2) is 4.98 Å². The Morgan fingerprint density at radius 3 is 2.52 bits per heavy atom. The number of nitrogens with zero attached hydrogens (tertiary/aromatic N) is 3. The van der Waals surface area contributed by atoms with Crippen molar-refractivity contribution < 1.29 is 4.79 Å². The van der Waals surface area contributed by atoms with Crippen LogP contribution in [0, 0.1) is 5.92 Å². The van der Waals surface area contributed by atoms with E-state index in [1.54, 1.807) is 0 Å². The van der Waals surface area contributed by atoms with E-state index in [0.717, 1.165) is 68.0 Å². The van der Waals surface area contributed by atoms with Crippen molar-refractivity contribution in [2.45, 2.75) is 64.3 Å². The number of aromatic nitrogens is 2. The first kappa shape index (κ1) is 23.3. The second kappa shape index (κ2) is 10.8. The molecular weight excluding hydrogens is 410 g/mol. The van der Waals surface area contributed by atoms with Crippen LogP contribution in [0.4, 0.5) is 11.8 Å². The van der Waals surface area contributed by atoms with Gasteiger partial charge in [-0.15, -0.1) is 0 Å². The lowest BCUT2D eigenvalue weighted by Gasteiger charge is -2.30. The van der Waals surface area contributed by atoms with E-state index >= 15 is 0 Å². The highest BCUT2D eigenvalue weighted by molar-refractivity contribution is 5.97. The fourth-order valence-electron chi connectivity index (χ4n) is 4.94. The Hall–Kier alpha value is -2.89. The van der Waals surface area contributed by atoms with Crippen LogP contribution >= 0.6 is 0 Å². The Labute approximate surface area is 197 Å². The molecule has 2 aliphatic rings. The molecule has 1 aromatic carbocycles. The molecule has 0 spiro atoms. The Morgan fingerprint density at radius 2 is 1.79 bits per heavy atom. The molecule has 0 aliphatic heterocycles. The van der Waals surface area contributed by atoms with Gasteiger partial charge in [0, 0.05) is 37.8 Å². The predicted molar refractivity (Wildman–Crippen MR) is 135 cm³/mol. The number of hydrogen-bond donors (Lipinski definition) is 2. The van der Waals surface area contributed by atoms with Crippen molar-refractivity contribution in [3.63, 3.8) is 0 Å². The molecule has 6 heteroatoms. The largest absolute Gasteiger partial charge is 0.362 e. The average Bonchev–Trinajstić information content (AvgIpc) is 2.83. The van der Waals surface area contributed by atoms with E-state index in [9.17, 15) is 4.79 Å². The van der Waals surface area contributed by atoms with Crippen molar-refractivity contribution in [1.82, 2.24) is 15.3 Å². The summed E-state index contributed by atoms with van der Waals surface area (Å²) in [7, 11) is 4.13. The van der Waals surface area contributed by atoms with Crippen LogP contribution in [0.3, 0.4) is 0 Å². The van der Waals surface area contributed by atoms with Crippen molar-refractivity contribution in [3.8, 4) is 0 Å². The highest BCUT2D eigenvalue weighted by atomic mass is 16.1. The number of hydrogen-bond acceptors (Lipinski definition) is 5. The van der Waals surface area contributed by atoms with Crippen LogP contribution in [0.1, 0.15) is 62.3 Å². The molecule has 0 unspecified atom stereocenters. The van der Waals surface area contributed by atoms with Gasteiger partial charge in [-0.3, -0.25) is 4.79 Å². The standard InChI is InChI=1S/C27H37N5O/c1-19(17-20-9-5-4-6-10-20)26(33)28-18-21-13-15-22(16-14-21)29-27-30-24-12-8-7-11-23(24)25(31-27)32(2)3/h4-6,9-10,17,21-22H,7-8,11-16,18H2,1-3H3,(H,28,33)(H,29,30,31). The van der Waals surface area contributed by atoms with Crippen LogP contribution in [0.2, 0.25) is 0 Å². The van der Waals surface area contributed by atoms with Crippen molar-refractivity contribution in [3.05, 3.63) is 52.7 Å². The lowest BCUT2D eigenvalue weighted by Crippen LogP contribution is -2.34. The van der Waals surface area contributed by atoms with Crippen LogP contribution in [0.5, 0.6) is 0 Å². The molecule has 4 rings (SSSR count). The molecular formula is C27H37N5O. The maximum absolute atomic E-state index is 12.5. The molecule has 0 radical (unpaired) electrons. The van der Waals surface area contributed by atoms with Gasteiger partial charge in [0.05, 0.1) is 5.69 Å². The van der Waals surface area contributed by atoms with E-state index in [1.165, 1.54) is 24.1 Å². The summed E-state index contributed by atoms with van der Waals surface area (Å²) in [6.45, 7) is 2.62. The number of carbonyl (C=O) groups excluding carboxylic acids is 1. The summed E-state index contributed by atoms with van der Waals surface area (Å²) < 4.78 is 0. The van der Waals surface area contributed by atoms with Crippen molar-refractivity contribution in [1.29, 1.82) is 0 Å². The average molecular weight is 448 g/mol. The summed E-state index contributed by atoms with van der Waals surface area (Å²) in [4.78, 5) is 24.3. The predicted octanol–water partition coefficient (Wildman–Crippen LogP) is 4.61. The zero-order valence-electron chi connectivity index (χ0n) is 20.2. The summed E-state index contributed by atoms with van der Waals surface area (Å²) in [5.41, 5.74) is 4.35. The zero-order valence-corrected chi connectivity index (χ0v) is 20.2. The van der Waals surface area contributed by atoms with Gasteiger partial charge in [0.1, 0.15) is 5.82 Å². The molecule has 2 aromatic rings. The quantitative estimate of drug-likeness (QED) is 0.607. The van der Waals surface area contributed by atoms with Crippen LogP contribution in [-0.2, 0) is 17.6 Å². The molecule has 0 saturated heterocycles. The minimum Gasteiger partial charge on any atom is -0.362 e. The van der Waals surface area contributed by atoms with E-state index in [0.29, 0.717) is 12.0 Å². The fraction of sp³-hybridized carbons (Fsp3) is 0.519. The van der Waals surface area contributed by atoms with Crippen molar-refractivity contribution >= 4 is 23.7 Å². The summed E-state index contributed by atoms with van der Waals surface area (Å²) >= 11 is 0. The molecule has 1 heterocycles. The van der Waals surface area contributed by atoms with Crippen LogP contribution in [0.25, 0.3) is 6.08 Å². The maximum Gasteiger partial charge on any atom is 0.246 e. The molecule has 1 amide bonds. The second-order valence-electron chi connectivity index (χ2n) is 9.71. The Morgan fingerprint density at radius 1 is 1.06 bits per heavy atom. The summed E-state index contributed by atoms with van der Waals surface area (Å²) in [6.07, 6.45) is 10.9. The third kappa shape index (κ3) is 6.12. The number of fused-ring (bicyclic) bond motifs is 1. The van der Waals surface area contributed by atoms with Crippen molar-refractivity contribution in [2.24, 2.45) is 5.92 Å². The van der Waals surface area contributed by atoms with Crippen LogP contribution in [0.15, 0.2) is 35.9 Å². The molecule has 1 saturated carbocycles. The topological polar surface area (TPSA) is 70.2 Å². The smallest absolute Gasteiger partial charge is 0.246 e. The highest BCUT2D eigenvalue weighted by Gasteiger charge is 2.24. The minimum absolute atomic E-state index is 0.0257.